The van der Waals surface area contributed by atoms with E-state index in [1.165, 1.54) is 25.7 Å². The molecule has 1 fully saturated rings. The van der Waals surface area contributed by atoms with Crippen molar-refractivity contribution in [1.29, 1.82) is 0 Å². The number of nitrogens with zero attached hydrogens (tertiary/aromatic N) is 1. The maximum atomic E-state index is 5.74. The van der Waals surface area contributed by atoms with E-state index in [0.717, 1.165) is 22.7 Å². The Hall–Kier alpha value is -1.51. The molecule has 0 bridgehead atoms. The molecule has 0 unspecified atom stereocenters. The Bertz CT molecular complexity index is 483. The molecule has 3 heteroatoms. The second kappa shape index (κ2) is 3.26. The lowest BCUT2D eigenvalue weighted by atomic mass is 10.1. The first kappa shape index (κ1) is 8.77. The molecule has 2 N–H and O–H groups in total. The lowest BCUT2D eigenvalue weighted by Crippen LogP contribution is -1.90. The number of rotatable bonds is 1. The largest absolute Gasteiger partial charge is 0.440 e. The van der Waals surface area contributed by atoms with E-state index in [2.05, 4.69) is 4.98 Å². The Morgan fingerprint density at radius 3 is 2.87 bits per heavy atom. The van der Waals surface area contributed by atoms with Crippen molar-refractivity contribution < 1.29 is 4.42 Å². The van der Waals surface area contributed by atoms with Crippen molar-refractivity contribution in [2.45, 2.75) is 31.6 Å². The second-order valence-electron chi connectivity index (χ2n) is 4.26. The molecular formula is C12H14N2O. The van der Waals surface area contributed by atoms with Crippen LogP contribution in [0.25, 0.3) is 11.1 Å². The zero-order valence-electron chi connectivity index (χ0n) is 8.57. The van der Waals surface area contributed by atoms with Gasteiger partial charge in [0, 0.05) is 17.7 Å². The average Bonchev–Trinajstić information content (AvgIpc) is 2.84. The Morgan fingerprint density at radius 2 is 2.07 bits per heavy atom. The van der Waals surface area contributed by atoms with Crippen LogP contribution in [0, 0.1) is 0 Å². The average molecular weight is 202 g/mol. The van der Waals surface area contributed by atoms with Crippen LogP contribution < -0.4 is 5.73 Å². The van der Waals surface area contributed by atoms with Crippen LogP contribution in [0.15, 0.2) is 22.6 Å². The van der Waals surface area contributed by atoms with Crippen LogP contribution >= 0.6 is 0 Å². The molecule has 0 radical (unpaired) electrons. The van der Waals surface area contributed by atoms with Crippen molar-refractivity contribution >= 4 is 16.8 Å². The fourth-order valence-corrected chi connectivity index (χ4v) is 2.31. The van der Waals surface area contributed by atoms with Gasteiger partial charge in [0.2, 0.25) is 0 Å². The topological polar surface area (TPSA) is 52.0 Å². The first-order valence-electron chi connectivity index (χ1n) is 5.49. The van der Waals surface area contributed by atoms with E-state index in [4.69, 9.17) is 10.2 Å². The molecule has 1 aromatic carbocycles. The highest BCUT2D eigenvalue weighted by Gasteiger charge is 2.22. The Morgan fingerprint density at radius 1 is 1.27 bits per heavy atom. The Kier molecular flexibility index (Phi) is 1.91. The fourth-order valence-electron chi connectivity index (χ4n) is 2.31. The number of fused-ring (bicyclic) bond motifs is 1. The molecule has 0 amide bonds. The molecule has 3 nitrogen and oxygen atoms in total. The molecule has 1 saturated carbocycles. The van der Waals surface area contributed by atoms with Crippen molar-refractivity contribution in [2.75, 3.05) is 5.73 Å². The van der Waals surface area contributed by atoms with E-state index in [1.54, 1.807) is 0 Å². The van der Waals surface area contributed by atoms with E-state index < -0.39 is 0 Å². The van der Waals surface area contributed by atoms with Gasteiger partial charge in [0.05, 0.1) is 0 Å². The number of oxazole rings is 1. The molecule has 15 heavy (non-hydrogen) atoms. The normalized spacial score (nSPS) is 17.6. The highest BCUT2D eigenvalue weighted by molar-refractivity contribution is 5.76. The predicted octanol–water partition coefficient (Wildman–Crippen LogP) is 3.07. The summed E-state index contributed by atoms with van der Waals surface area (Å²) in [6.07, 6.45) is 5.02. The first-order valence-corrected chi connectivity index (χ1v) is 5.49. The number of hydrogen-bond acceptors (Lipinski definition) is 3. The summed E-state index contributed by atoms with van der Waals surface area (Å²) < 4.78 is 5.74. The van der Waals surface area contributed by atoms with Crippen LogP contribution in [-0.4, -0.2) is 4.98 Å². The van der Waals surface area contributed by atoms with Gasteiger partial charge < -0.3 is 10.2 Å². The Labute approximate surface area is 88.3 Å². The van der Waals surface area contributed by atoms with Gasteiger partial charge in [-0.15, -0.1) is 0 Å². The predicted molar refractivity (Wildman–Crippen MR) is 59.6 cm³/mol. The van der Waals surface area contributed by atoms with Crippen LogP contribution in [0.2, 0.25) is 0 Å². The highest BCUT2D eigenvalue weighted by atomic mass is 16.3. The van der Waals surface area contributed by atoms with Gasteiger partial charge in [-0.3, -0.25) is 0 Å². The minimum Gasteiger partial charge on any atom is -0.440 e. The van der Waals surface area contributed by atoms with Gasteiger partial charge in [-0.1, -0.05) is 12.8 Å². The van der Waals surface area contributed by atoms with Crippen LogP contribution in [-0.2, 0) is 0 Å². The SMILES string of the molecule is Nc1ccc2nc(C3CCCC3)oc2c1. The third-order valence-corrected chi connectivity index (χ3v) is 3.13. The maximum absolute atomic E-state index is 5.74. The van der Waals surface area contributed by atoms with Gasteiger partial charge in [-0.2, -0.15) is 0 Å². The zero-order chi connectivity index (χ0) is 10.3. The molecule has 78 valence electrons. The molecule has 1 heterocycles. The number of benzene rings is 1. The fraction of sp³-hybridized carbons (Fsp3) is 0.417. The molecule has 0 saturated heterocycles. The van der Waals surface area contributed by atoms with Crippen molar-refractivity contribution in [1.82, 2.24) is 4.98 Å². The van der Waals surface area contributed by atoms with E-state index in [0.29, 0.717) is 5.92 Å². The molecule has 0 spiro atoms. The molecule has 1 aromatic heterocycles. The first-order chi connectivity index (χ1) is 7.33. The molecule has 2 aromatic rings. The second-order valence-corrected chi connectivity index (χ2v) is 4.26. The number of hydrogen-bond donors (Lipinski definition) is 1. The molecular weight excluding hydrogens is 188 g/mol. The zero-order valence-corrected chi connectivity index (χ0v) is 8.57. The van der Waals surface area contributed by atoms with E-state index >= 15 is 0 Å². The summed E-state index contributed by atoms with van der Waals surface area (Å²) >= 11 is 0. The van der Waals surface area contributed by atoms with Gasteiger partial charge in [0.15, 0.2) is 11.5 Å². The van der Waals surface area contributed by atoms with E-state index in [-0.39, 0.29) is 0 Å². The lowest BCUT2D eigenvalue weighted by Gasteiger charge is -2.00. The summed E-state index contributed by atoms with van der Waals surface area (Å²) in [4.78, 5) is 4.51. The summed E-state index contributed by atoms with van der Waals surface area (Å²) in [5, 5.41) is 0. The van der Waals surface area contributed by atoms with Gasteiger partial charge in [-0.05, 0) is 25.0 Å². The van der Waals surface area contributed by atoms with Crippen molar-refractivity contribution in [2.24, 2.45) is 0 Å². The molecule has 1 aliphatic rings. The smallest absolute Gasteiger partial charge is 0.198 e. The van der Waals surface area contributed by atoms with Crippen LogP contribution in [0.1, 0.15) is 37.5 Å². The molecule has 0 atom stereocenters. The number of nitrogens with two attached hydrogens (primary N) is 1. The van der Waals surface area contributed by atoms with Gasteiger partial charge in [0.1, 0.15) is 5.52 Å². The summed E-state index contributed by atoms with van der Waals surface area (Å²) in [5.74, 6) is 1.42. The summed E-state index contributed by atoms with van der Waals surface area (Å²) in [5.41, 5.74) is 8.17. The van der Waals surface area contributed by atoms with E-state index in [1.807, 2.05) is 18.2 Å². The van der Waals surface area contributed by atoms with Gasteiger partial charge >= 0.3 is 0 Å². The maximum Gasteiger partial charge on any atom is 0.198 e. The third-order valence-electron chi connectivity index (χ3n) is 3.13. The van der Waals surface area contributed by atoms with Crippen molar-refractivity contribution in [3.63, 3.8) is 0 Å². The monoisotopic (exact) mass is 202 g/mol. The molecule has 1 aliphatic carbocycles. The minimum absolute atomic E-state index is 0.527. The van der Waals surface area contributed by atoms with Crippen LogP contribution in [0.3, 0.4) is 0 Å². The number of aromatic nitrogens is 1. The summed E-state index contributed by atoms with van der Waals surface area (Å²) in [6.45, 7) is 0. The third kappa shape index (κ3) is 1.48. The quantitative estimate of drug-likeness (QED) is 0.723. The van der Waals surface area contributed by atoms with Gasteiger partial charge in [0.25, 0.3) is 0 Å². The van der Waals surface area contributed by atoms with Crippen LogP contribution in [0.5, 0.6) is 0 Å². The van der Waals surface area contributed by atoms with Crippen LogP contribution in [0.4, 0.5) is 5.69 Å². The van der Waals surface area contributed by atoms with Crippen molar-refractivity contribution in [3.05, 3.63) is 24.1 Å². The summed E-state index contributed by atoms with van der Waals surface area (Å²) in [6, 6.07) is 5.64. The minimum atomic E-state index is 0.527. The van der Waals surface area contributed by atoms with Crippen molar-refractivity contribution in [3.8, 4) is 0 Å². The standard InChI is InChI=1S/C12H14N2O/c13-9-5-6-10-11(7-9)15-12(14-10)8-3-1-2-4-8/h5-8H,1-4,13H2. The lowest BCUT2D eigenvalue weighted by molar-refractivity contribution is 0.474. The Balaban J connectivity index is 2.05. The highest BCUT2D eigenvalue weighted by Crippen LogP contribution is 2.35. The summed E-state index contributed by atoms with van der Waals surface area (Å²) in [7, 11) is 0. The molecule has 3 rings (SSSR count). The number of anilines is 1. The van der Waals surface area contributed by atoms with Gasteiger partial charge in [-0.25, -0.2) is 4.98 Å². The molecule has 0 aliphatic heterocycles. The van der Waals surface area contributed by atoms with E-state index in [9.17, 15) is 0 Å². The number of nitrogen functional groups attached to an aromatic ring is 1.